The van der Waals surface area contributed by atoms with E-state index in [1.54, 1.807) is 0 Å². The number of nitrogens with zero attached hydrogens (tertiary/aromatic N) is 3. The molecule has 16 heavy (non-hydrogen) atoms. The molecule has 1 aromatic heterocycles. The first-order valence-electron chi connectivity index (χ1n) is 6.22. The maximum absolute atomic E-state index is 4.37. The van der Waals surface area contributed by atoms with E-state index in [-0.39, 0.29) is 0 Å². The van der Waals surface area contributed by atoms with Crippen molar-refractivity contribution >= 4 is 0 Å². The van der Waals surface area contributed by atoms with Crippen LogP contribution in [-0.2, 0) is 13.5 Å². The number of piperazine rings is 1. The normalized spacial score (nSPS) is 22.5. The molecule has 1 atom stereocenters. The summed E-state index contributed by atoms with van der Waals surface area (Å²) in [5.41, 5.74) is 0. The van der Waals surface area contributed by atoms with Gasteiger partial charge in [-0.05, 0) is 6.42 Å². The van der Waals surface area contributed by atoms with Crippen molar-refractivity contribution in [2.75, 3.05) is 26.2 Å². The van der Waals surface area contributed by atoms with Crippen molar-refractivity contribution in [1.82, 2.24) is 19.8 Å². The van der Waals surface area contributed by atoms with Gasteiger partial charge in [0.05, 0.1) is 0 Å². The summed E-state index contributed by atoms with van der Waals surface area (Å²) in [6, 6.07) is 0.703. The third-order valence-corrected chi connectivity index (χ3v) is 3.49. The van der Waals surface area contributed by atoms with Gasteiger partial charge in [0.2, 0.25) is 0 Å². The molecular formula is C12H22N4. The Morgan fingerprint density at radius 1 is 1.56 bits per heavy atom. The van der Waals surface area contributed by atoms with Gasteiger partial charge in [0, 0.05) is 58.1 Å². The zero-order chi connectivity index (χ0) is 11.4. The van der Waals surface area contributed by atoms with Gasteiger partial charge in [0.25, 0.3) is 0 Å². The molecule has 0 saturated carbocycles. The van der Waals surface area contributed by atoms with Crippen LogP contribution in [0.25, 0.3) is 0 Å². The van der Waals surface area contributed by atoms with Crippen LogP contribution in [-0.4, -0.2) is 46.7 Å². The molecule has 4 nitrogen and oxygen atoms in total. The highest BCUT2D eigenvalue weighted by Gasteiger charge is 2.20. The summed E-state index contributed by atoms with van der Waals surface area (Å²) in [7, 11) is 2.07. The average Bonchev–Trinajstić information content (AvgIpc) is 2.72. The molecule has 1 N–H and O–H groups in total. The van der Waals surface area contributed by atoms with Crippen LogP contribution in [0.15, 0.2) is 12.4 Å². The second-order valence-electron chi connectivity index (χ2n) is 4.51. The van der Waals surface area contributed by atoms with E-state index < -0.39 is 0 Å². The molecular weight excluding hydrogens is 200 g/mol. The molecule has 4 heteroatoms. The summed E-state index contributed by atoms with van der Waals surface area (Å²) in [6.07, 6.45) is 6.18. The number of hydrogen-bond acceptors (Lipinski definition) is 3. The van der Waals surface area contributed by atoms with Gasteiger partial charge in [0.15, 0.2) is 0 Å². The van der Waals surface area contributed by atoms with Crippen LogP contribution in [0.2, 0.25) is 0 Å². The summed E-state index contributed by atoms with van der Waals surface area (Å²) in [4.78, 5) is 6.96. The van der Waals surface area contributed by atoms with Crippen molar-refractivity contribution in [2.45, 2.75) is 25.8 Å². The highest BCUT2D eigenvalue weighted by molar-refractivity contribution is 4.92. The molecule has 0 aliphatic carbocycles. The minimum absolute atomic E-state index is 0.703. The quantitative estimate of drug-likeness (QED) is 0.812. The molecule has 0 bridgehead atoms. The molecule has 1 aromatic rings. The van der Waals surface area contributed by atoms with Gasteiger partial charge < -0.3 is 9.88 Å². The fourth-order valence-corrected chi connectivity index (χ4v) is 2.38. The topological polar surface area (TPSA) is 33.1 Å². The Hall–Kier alpha value is -0.870. The van der Waals surface area contributed by atoms with E-state index in [0.29, 0.717) is 6.04 Å². The third kappa shape index (κ3) is 2.62. The average molecular weight is 222 g/mol. The van der Waals surface area contributed by atoms with Crippen LogP contribution in [0.1, 0.15) is 19.2 Å². The summed E-state index contributed by atoms with van der Waals surface area (Å²) in [5.74, 6) is 1.19. The van der Waals surface area contributed by atoms with Crippen molar-refractivity contribution in [3.63, 3.8) is 0 Å². The molecule has 2 heterocycles. The molecule has 1 aliphatic rings. The lowest BCUT2D eigenvalue weighted by Gasteiger charge is -2.35. The molecule has 90 valence electrons. The van der Waals surface area contributed by atoms with E-state index >= 15 is 0 Å². The number of rotatable bonds is 4. The van der Waals surface area contributed by atoms with Crippen LogP contribution in [0, 0.1) is 0 Å². The van der Waals surface area contributed by atoms with Crippen LogP contribution in [0.5, 0.6) is 0 Å². The van der Waals surface area contributed by atoms with Gasteiger partial charge in [-0.25, -0.2) is 4.98 Å². The van der Waals surface area contributed by atoms with Crippen molar-refractivity contribution < 1.29 is 0 Å². The van der Waals surface area contributed by atoms with Crippen LogP contribution >= 0.6 is 0 Å². The summed E-state index contributed by atoms with van der Waals surface area (Å²) < 4.78 is 2.11. The molecule has 0 aromatic carbocycles. The summed E-state index contributed by atoms with van der Waals surface area (Å²) in [5, 5.41) is 3.46. The zero-order valence-electron chi connectivity index (χ0n) is 10.3. The number of hydrogen-bond donors (Lipinski definition) is 1. The first kappa shape index (κ1) is 11.6. The van der Waals surface area contributed by atoms with Crippen LogP contribution in [0.4, 0.5) is 0 Å². The van der Waals surface area contributed by atoms with Gasteiger partial charge in [-0.15, -0.1) is 0 Å². The van der Waals surface area contributed by atoms with Gasteiger partial charge in [0.1, 0.15) is 5.82 Å². The van der Waals surface area contributed by atoms with Crippen molar-refractivity contribution in [3.8, 4) is 0 Å². The van der Waals surface area contributed by atoms with E-state index in [9.17, 15) is 0 Å². The first-order valence-corrected chi connectivity index (χ1v) is 6.22. The molecule has 0 spiro atoms. The molecule has 1 saturated heterocycles. The largest absolute Gasteiger partial charge is 0.338 e. The Morgan fingerprint density at radius 3 is 3.12 bits per heavy atom. The summed E-state index contributed by atoms with van der Waals surface area (Å²) >= 11 is 0. The summed E-state index contributed by atoms with van der Waals surface area (Å²) in [6.45, 7) is 6.83. The first-order chi connectivity index (χ1) is 7.81. The highest BCUT2D eigenvalue weighted by Crippen LogP contribution is 2.08. The molecule has 0 radical (unpaired) electrons. The molecule has 1 aliphatic heterocycles. The van der Waals surface area contributed by atoms with Gasteiger partial charge >= 0.3 is 0 Å². The van der Waals surface area contributed by atoms with E-state index in [1.807, 2.05) is 12.4 Å². The molecule has 2 rings (SSSR count). The maximum Gasteiger partial charge on any atom is 0.109 e. The zero-order valence-corrected chi connectivity index (χ0v) is 10.3. The maximum atomic E-state index is 4.37. The Kier molecular flexibility index (Phi) is 3.96. The minimum atomic E-state index is 0.703. The molecule has 0 amide bonds. The van der Waals surface area contributed by atoms with Gasteiger partial charge in [-0.2, -0.15) is 0 Å². The predicted octanol–water partition coefficient (Wildman–Crippen LogP) is 0.646. The van der Waals surface area contributed by atoms with Crippen molar-refractivity contribution in [1.29, 1.82) is 0 Å². The standard InChI is InChI=1S/C12H22N4/c1-3-11-10-13-5-9-16(11)7-4-12-14-6-8-15(12)2/h6,8,11,13H,3-5,7,9-10H2,1-2H3. The van der Waals surface area contributed by atoms with Crippen LogP contribution in [0.3, 0.4) is 0 Å². The Morgan fingerprint density at radius 2 is 2.44 bits per heavy atom. The minimum Gasteiger partial charge on any atom is -0.338 e. The van der Waals surface area contributed by atoms with Gasteiger partial charge in [-0.3, -0.25) is 4.90 Å². The van der Waals surface area contributed by atoms with Crippen molar-refractivity contribution in [2.24, 2.45) is 7.05 Å². The Bertz CT molecular complexity index is 321. The van der Waals surface area contributed by atoms with E-state index in [2.05, 4.69) is 33.7 Å². The van der Waals surface area contributed by atoms with Gasteiger partial charge in [-0.1, -0.05) is 6.92 Å². The predicted molar refractivity (Wildman–Crippen MR) is 65.4 cm³/mol. The number of aryl methyl sites for hydroxylation is 1. The number of nitrogens with one attached hydrogen (secondary N) is 1. The SMILES string of the molecule is CCC1CNCCN1CCc1nccn1C. The fourth-order valence-electron chi connectivity index (χ4n) is 2.38. The third-order valence-electron chi connectivity index (χ3n) is 3.49. The van der Waals surface area contributed by atoms with Crippen LogP contribution < -0.4 is 5.32 Å². The lowest BCUT2D eigenvalue weighted by Crippen LogP contribution is -2.51. The fraction of sp³-hybridized carbons (Fsp3) is 0.750. The number of aromatic nitrogens is 2. The second kappa shape index (κ2) is 5.46. The Balaban J connectivity index is 1.86. The molecule has 1 fully saturated rings. The van der Waals surface area contributed by atoms with E-state index in [1.165, 1.54) is 18.8 Å². The Labute approximate surface area is 97.7 Å². The second-order valence-corrected chi connectivity index (χ2v) is 4.51. The highest BCUT2D eigenvalue weighted by atomic mass is 15.2. The lowest BCUT2D eigenvalue weighted by atomic mass is 10.1. The van der Waals surface area contributed by atoms with E-state index in [0.717, 1.165) is 26.1 Å². The monoisotopic (exact) mass is 222 g/mol. The lowest BCUT2D eigenvalue weighted by molar-refractivity contribution is 0.158. The smallest absolute Gasteiger partial charge is 0.109 e. The number of imidazole rings is 1. The molecule has 1 unspecified atom stereocenters. The van der Waals surface area contributed by atoms with Crippen molar-refractivity contribution in [3.05, 3.63) is 18.2 Å². The van der Waals surface area contributed by atoms with E-state index in [4.69, 9.17) is 0 Å².